The molecule has 6 aromatic rings. The first kappa shape index (κ1) is 28.7. The predicted octanol–water partition coefficient (Wildman–Crippen LogP) is 7.35. The molecule has 4 aromatic carbocycles. The third kappa shape index (κ3) is 4.24. The number of aromatic nitrogens is 2. The largest absolute Gasteiger partial charge is 0.450 e. The highest BCUT2D eigenvalue weighted by atomic mass is 35.5. The van der Waals surface area contributed by atoms with Crippen LogP contribution in [0.1, 0.15) is 38.4 Å². The number of para-hydroxylation sites is 2. The Hall–Kier alpha value is -4.77. The summed E-state index contributed by atoms with van der Waals surface area (Å²) in [6.45, 7) is 2.24. The van der Waals surface area contributed by atoms with E-state index >= 15 is 4.79 Å². The Kier molecular flexibility index (Phi) is 6.82. The number of nitrogens with zero attached hydrogens (tertiary/aromatic N) is 4. The van der Waals surface area contributed by atoms with Gasteiger partial charge in [-0.2, -0.15) is 0 Å². The monoisotopic (exact) mass is 662 g/mol. The predicted molar refractivity (Wildman–Crippen MR) is 180 cm³/mol. The Labute approximate surface area is 276 Å². The first-order valence-corrected chi connectivity index (χ1v) is 16.6. The molecule has 1 spiro atoms. The van der Waals surface area contributed by atoms with Crippen molar-refractivity contribution in [3.63, 3.8) is 0 Å². The number of hydrogen-bond donors (Lipinski definition) is 0. The van der Waals surface area contributed by atoms with Crippen molar-refractivity contribution < 1.29 is 14.0 Å². The molecule has 2 aliphatic heterocycles. The molecule has 0 aliphatic carbocycles. The van der Waals surface area contributed by atoms with Gasteiger partial charge in [-0.1, -0.05) is 101 Å². The van der Waals surface area contributed by atoms with Crippen LogP contribution < -0.4 is 15.2 Å². The zero-order valence-corrected chi connectivity index (χ0v) is 26.7. The van der Waals surface area contributed by atoms with E-state index in [9.17, 15) is 9.59 Å². The lowest BCUT2D eigenvalue weighted by molar-refractivity contribution is -0.121. The first-order chi connectivity index (χ1) is 22.4. The van der Waals surface area contributed by atoms with Gasteiger partial charge in [0.2, 0.25) is 10.9 Å². The average Bonchev–Trinajstić information content (AvgIpc) is 3.70. The highest BCUT2D eigenvalue weighted by Crippen LogP contribution is 2.55. The molecule has 8 nitrogen and oxygen atoms in total. The fourth-order valence-electron chi connectivity index (χ4n) is 6.35. The number of amides is 2. The molecule has 1 atom stereocenters. The molecule has 0 saturated carbocycles. The second-order valence-corrected chi connectivity index (χ2v) is 13.7. The van der Waals surface area contributed by atoms with Gasteiger partial charge in [0.25, 0.3) is 11.8 Å². The van der Waals surface area contributed by atoms with Gasteiger partial charge in [0.15, 0.2) is 15.3 Å². The molecule has 0 N–H and O–H groups in total. The molecule has 4 heterocycles. The molecule has 2 aromatic heterocycles. The Balaban J connectivity index is 1.32. The fraction of sp³-hybridized carbons (Fsp3) is 0.114. The molecule has 46 heavy (non-hydrogen) atoms. The molecule has 226 valence electrons. The van der Waals surface area contributed by atoms with Crippen LogP contribution in [-0.2, 0) is 22.6 Å². The van der Waals surface area contributed by atoms with Crippen molar-refractivity contribution in [1.29, 1.82) is 0 Å². The van der Waals surface area contributed by atoms with E-state index in [1.54, 1.807) is 41.3 Å². The van der Waals surface area contributed by atoms with Crippen molar-refractivity contribution in [2.45, 2.75) is 29.1 Å². The number of aryl methyl sites for hydroxylation is 1. The molecule has 0 radical (unpaired) electrons. The number of carbonyl (C=O) groups is 2. The Morgan fingerprint density at radius 1 is 0.913 bits per heavy atom. The summed E-state index contributed by atoms with van der Waals surface area (Å²) in [4.78, 5) is 47.0. The van der Waals surface area contributed by atoms with E-state index in [0.717, 1.165) is 16.7 Å². The van der Waals surface area contributed by atoms with Crippen LogP contribution in [0, 0.1) is 6.92 Å². The molecule has 0 bridgehead atoms. The molecule has 0 saturated heterocycles. The molecule has 11 heteroatoms. The number of halogens is 1. The number of carbonyl (C=O) groups excluding carboxylic acids is 2. The minimum absolute atomic E-state index is 0.00994. The van der Waals surface area contributed by atoms with Crippen LogP contribution in [0.5, 0.6) is 0 Å². The lowest BCUT2D eigenvalue weighted by Gasteiger charge is -2.32. The summed E-state index contributed by atoms with van der Waals surface area (Å²) < 4.78 is 6.76. The van der Waals surface area contributed by atoms with Crippen LogP contribution in [0.3, 0.4) is 0 Å². The lowest BCUT2D eigenvalue weighted by atomic mass is 9.84. The van der Waals surface area contributed by atoms with Crippen LogP contribution in [0.25, 0.3) is 11.0 Å². The normalized spacial score (nSPS) is 16.9. The number of thioether (sulfide) groups is 1. The third-order valence-electron chi connectivity index (χ3n) is 8.46. The summed E-state index contributed by atoms with van der Waals surface area (Å²) in [6, 6.07) is 29.4. The SMILES string of the molecule is Cc1ccccc1CN1C(=O)C2(c3ccccc31)c1c(oc3ccccc3c1=O)C(=O)N2c1nnc(SCc2cccc(Cl)c2)s1. The summed E-state index contributed by atoms with van der Waals surface area (Å²) in [5.41, 5.74) is 2.05. The summed E-state index contributed by atoms with van der Waals surface area (Å²) in [7, 11) is 0. The van der Waals surface area contributed by atoms with E-state index in [2.05, 4.69) is 10.2 Å². The van der Waals surface area contributed by atoms with Crippen molar-refractivity contribution in [3.05, 3.63) is 146 Å². The second kappa shape index (κ2) is 10.9. The number of hydrogen-bond acceptors (Lipinski definition) is 8. The van der Waals surface area contributed by atoms with Gasteiger partial charge in [0.1, 0.15) is 5.58 Å². The molecule has 8 rings (SSSR count). The first-order valence-electron chi connectivity index (χ1n) is 14.5. The maximum atomic E-state index is 15.1. The molecule has 0 fully saturated rings. The quantitative estimate of drug-likeness (QED) is 0.136. The summed E-state index contributed by atoms with van der Waals surface area (Å²) >= 11 is 8.80. The average molecular weight is 663 g/mol. The van der Waals surface area contributed by atoms with Crippen molar-refractivity contribution in [2.24, 2.45) is 0 Å². The van der Waals surface area contributed by atoms with E-state index in [4.69, 9.17) is 16.0 Å². The number of rotatable bonds is 6. The zero-order chi connectivity index (χ0) is 31.6. The van der Waals surface area contributed by atoms with Crippen LogP contribution in [-0.4, -0.2) is 22.0 Å². The van der Waals surface area contributed by atoms with Gasteiger partial charge in [-0.25, -0.2) is 0 Å². The van der Waals surface area contributed by atoms with E-state index in [1.807, 2.05) is 67.6 Å². The maximum Gasteiger partial charge on any atom is 0.297 e. The highest BCUT2D eigenvalue weighted by Gasteiger charge is 2.66. The Bertz CT molecular complexity index is 2290. The van der Waals surface area contributed by atoms with Crippen molar-refractivity contribution in [3.8, 4) is 0 Å². The van der Waals surface area contributed by atoms with Crippen LogP contribution in [0.4, 0.5) is 10.8 Å². The molecule has 2 aliphatic rings. The lowest BCUT2D eigenvalue weighted by Crippen LogP contribution is -2.53. The fourth-order valence-corrected chi connectivity index (χ4v) is 8.40. The van der Waals surface area contributed by atoms with Gasteiger partial charge in [0, 0.05) is 16.3 Å². The van der Waals surface area contributed by atoms with E-state index in [1.165, 1.54) is 28.0 Å². The third-order valence-corrected chi connectivity index (χ3v) is 10.8. The molecule has 2 amide bonds. The Morgan fingerprint density at radius 3 is 2.54 bits per heavy atom. The van der Waals surface area contributed by atoms with Crippen molar-refractivity contribution in [2.75, 3.05) is 9.80 Å². The number of anilines is 2. The van der Waals surface area contributed by atoms with Gasteiger partial charge in [-0.3, -0.25) is 19.3 Å². The van der Waals surface area contributed by atoms with E-state index in [0.29, 0.717) is 26.4 Å². The molecule has 1 unspecified atom stereocenters. The smallest absolute Gasteiger partial charge is 0.297 e. The van der Waals surface area contributed by atoms with Crippen LogP contribution in [0.2, 0.25) is 5.02 Å². The highest BCUT2D eigenvalue weighted by molar-refractivity contribution is 8.00. The second-order valence-electron chi connectivity index (χ2n) is 11.1. The summed E-state index contributed by atoms with van der Waals surface area (Å²) in [5.74, 6) is -0.657. The minimum atomic E-state index is -1.84. The summed E-state index contributed by atoms with van der Waals surface area (Å²) in [6.07, 6.45) is 0. The van der Waals surface area contributed by atoms with Gasteiger partial charge >= 0.3 is 0 Å². The molecular formula is C35H23ClN4O4S2. The summed E-state index contributed by atoms with van der Waals surface area (Å²) in [5, 5.41) is 9.91. The Morgan fingerprint density at radius 2 is 1.70 bits per heavy atom. The van der Waals surface area contributed by atoms with Crippen LogP contribution in [0.15, 0.2) is 111 Å². The maximum absolute atomic E-state index is 15.1. The zero-order valence-electron chi connectivity index (χ0n) is 24.3. The van der Waals surface area contributed by atoms with E-state index < -0.39 is 22.8 Å². The number of benzene rings is 4. The molecular weight excluding hydrogens is 640 g/mol. The van der Waals surface area contributed by atoms with Crippen molar-refractivity contribution in [1.82, 2.24) is 10.2 Å². The standard InChI is InChI=1S/C35H23ClN4O4S2/c1-20-9-2-3-11-22(20)18-39-26-15-6-5-14-25(26)35(32(39)43)28-29(41)24-13-4-7-16-27(24)44-30(28)31(42)40(35)33-37-38-34(46-33)45-19-21-10-8-12-23(36)17-21/h2-17H,18-19H2,1H3. The van der Waals surface area contributed by atoms with Crippen LogP contribution >= 0.6 is 34.7 Å². The van der Waals surface area contributed by atoms with Gasteiger partial charge in [0.05, 0.1) is 23.2 Å². The number of fused-ring (bicyclic) bond motifs is 5. The van der Waals surface area contributed by atoms with Crippen molar-refractivity contribution >= 4 is 68.3 Å². The van der Waals surface area contributed by atoms with Gasteiger partial charge in [-0.15, -0.1) is 10.2 Å². The minimum Gasteiger partial charge on any atom is -0.450 e. The van der Waals surface area contributed by atoms with Gasteiger partial charge in [-0.05, 0) is 53.9 Å². The van der Waals surface area contributed by atoms with E-state index in [-0.39, 0.29) is 34.0 Å². The van der Waals surface area contributed by atoms with Gasteiger partial charge < -0.3 is 9.32 Å². The topological polar surface area (TPSA) is 96.6 Å².